The molecule has 9 heteroatoms. The maximum absolute atomic E-state index is 13.2. The maximum atomic E-state index is 13.2. The van der Waals surface area contributed by atoms with Crippen LogP contribution in [0.25, 0.3) is 10.8 Å². The molecule has 0 saturated carbocycles. The predicted molar refractivity (Wildman–Crippen MR) is 134 cm³/mol. The van der Waals surface area contributed by atoms with E-state index in [-0.39, 0.29) is 30.1 Å². The molecule has 1 heterocycles. The van der Waals surface area contributed by atoms with Gasteiger partial charge in [0.15, 0.2) is 5.69 Å². The first kappa shape index (κ1) is 26.2. The summed E-state index contributed by atoms with van der Waals surface area (Å²) in [5, 5.41) is 7.80. The fraction of sp³-hybridized carbons (Fsp3) is 0.423. The van der Waals surface area contributed by atoms with Crippen molar-refractivity contribution in [3.05, 3.63) is 60.3 Å². The molecular formula is C26H34N4O5. The third-order valence-corrected chi connectivity index (χ3v) is 5.30. The lowest BCUT2D eigenvalue weighted by Crippen LogP contribution is -2.36. The first-order chi connectivity index (χ1) is 17.1. The molecule has 0 radical (unpaired) electrons. The van der Waals surface area contributed by atoms with Gasteiger partial charge < -0.3 is 29.4 Å². The van der Waals surface area contributed by atoms with Gasteiger partial charge in [0.25, 0.3) is 5.91 Å². The lowest BCUT2D eigenvalue weighted by molar-refractivity contribution is 0.0939. The molecule has 1 aromatic heterocycles. The Morgan fingerprint density at radius 3 is 2.54 bits per heavy atom. The number of hydrogen-bond acceptors (Lipinski definition) is 6. The van der Waals surface area contributed by atoms with Crippen LogP contribution in [0.1, 0.15) is 43.1 Å². The molecule has 0 atom stereocenters. The number of nitrogens with one attached hydrogen (secondary N) is 2. The molecule has 2 N–H and O–H groups in total. The first-order valence-electron chi connectivity index (χ1n) is 12.0. The zero-order chi connectivity index (χ0) is 24.9. The van der Waals surface area contributed by atoms with Crippen molar-refractivity contribution in [2.45, 2.75) is 33.2 Å². The number of urea groups is 1. The van der Waals surface area contributed by atoms with Crippen LogP contribution in [0, 0.1) is 0 Å². The van der Waals surface area contributed by atoms with Crippen LogP contribution in [0.3, 0.4) is 0 Å². The predicted octanol–water partition coefficient (Wildman–Crippen LogP) is 4.44. The molecule has 3 rings (SSSR count). The normalized spacial score (nSPS) is 10.9. The number of nitrogens with zero attached hydrogens (tertiary/aromatic N) is 2. The Kier molecular flexibility index (Phi) is 10.5. The topological polar surface area (TPSA) is 106 Å². The van der Waals surface area contributed by atoms with Crippen molar-refractivity contribution in [3.8, 4) is 0 Å². The number of oxazole rings is 1. The van der Waals surface area contributed by atoms with E-state index < -0.39 is 0 Å². The fourth-order valence-electron chi connectivity index (χ4n) is 3.55. The van der Waals surface area contributed by atoms with Gasteiger partial charge in [-0.2, -0.15) is 0 Å². The van der Waals surface area contributed by atoms with E-state index in [2.05, 4.69) is 15.6 Å². The van der Waals surface area contributed by atoms with Gasteiger partial charge in [-0.25, -0.2) is 9.78 Å². The highest BCUT2D eigenvalue weighted by Crippen LogP contribution is 2.23. The summed E-state index contributed by atoms with van der Waals surface area (Å²) >= 11 is 0. The minimum absolute atomic E-state index is 0.125. The molecule has 0 spiro atoms. The smallest absolute Gasteiger partial charge is 0.322 e. The second-order valence-corrected chi connectivity index (χ2v) is 7.86. The lowest BCUT2D eigenvalue weighted by atomic mass is 10.1. The number of ether oxygens (including phenoxy) is 2. The third-order valence-electron chi connectivity index (χ3n) is 5.30. The van der Waals surface area contributed by atoms with Crippen LogP contribution in [-0.4, -0.2) is 61.3 Å². The summed E-state index contributed by atoms with van der Waals surface area (Å²) in [5.74, 6) is -0.0338. The first-order valence-corrected chi connectivity index (χ1v) is 12.0. The summed E-state index contributed by atoms with van der Waals surface area (Å²) in [6, 6.07) is 13.4. The molecule has 0 saturated heterocycles. The number of carbonyl (C=O) groups excluding carboxylic acids is 2. The third kappa shape index (κ3) is 8.08. The largest absolute Gasteiger partial charge is 0.446 e. The number of rotatable bonds is 14. The van der Waals surface area contributed by atoms with E-state index in [0.29, 0.717) is 52.4 Å². The second-order valence-electron chi connectivity index (χ2n) is 7.86. The average molecular weight is 483 g/mol. The molecule has 9 nitrogen and oxygen atoms in total. The summed E-state index contributed by atoms with van der Waals surface area (Å²) in [6.07, 6.45) is 2.69. The second kappa shape index (κ2) is 14.1. The minimum atomic E-state index is -0.320. The Morgan fingerprint density at radius 2 is 1.74 bits per heavy atom. The molecule has 2 aromatic carbocycles. The van der Waals surface area contributed by atoms with Gasteiger partial charge >= 0.3 is 6.03 Å². The molecule has 0 bridgehead atoms. The van der Waals surface area contributed by atoms with Gasteiger partial charge in [-0.15, -0.1) is 0 Å². The average Bonchev–Trinajstić information content (AvgIpc) is 3.34. The summed E-state index contributed by atoms with van der Waals surface area (Å²) in [4.78, 5) is 31.4. The van der Waals surface area contributed by atoms with E-state index in [4.69, 9.17) is 13.9 Å². The van der Waals surface area contributed by atoms with E-state index in [1.54, 1.807) is 4.90 Å². The van der Waals surface area contributed by atoms with E-state index in [0.717, 1.165) is 16.5 Å². The monoisotopic (exact) mass is 482 g/mol. The Morgan fingerprint density at radius 1 is 1.00 bits per heavy atom. The van der Waals surface area contributed by atoms with Crippen LogP contribution < -0.4 is 10.6 Å². The van der Waals surface area contributed by atoms with Crippen LogP contribution in [0.15, 0.2) is 53.1 Å². The number of hydrogen-bond donors (Lipinski definition) is 2. The Balaban J connectivity index is 1.64. The zero-order valence-corrected chi connectivity index (χ0v) is 20.4. The van der Waals surface area contributed by atoms with Crippen molar-refractivity contribution in [1.82, 2.24) is 15.2 Å². The van der Waals surface area contributed by atoms with Gasteiger partial charge in [-0.1, -0.05) is 36.4 Å². The van der Waals surface area contributed by atoms with Crippen LogP contribution in [-0.2, 0) is 16.0 Å². The summed E-state index contributed by atoms with van der Waals surface area (Å²) in [7, 11) is 0. The van der Waals surface area contributed by atoms with Crippen molar-refractivity contribution in [2.75, 3.05) is 44.8 Å². The molecule has 0 fully saturated rings. The fourth-order valence-corrected chi connectivity index (χ4v) is 3.55. The van der Waals surface area contributed by atoms with E-state index >= 15 is 0 Å². The SMILES string of the molecule is CCOCCCNC(=O)c1coc(CN(CCCOCC)C(=O)Nc2cccc3ccccc23)n1. The van der Waals surface area contributed by atoms with Crippen LogP contribution in [0.5, 0.6) is 0 Å². The van der Waals surface area contributed by atoms with Crippen molar-refractivity contribution in [2.24, 2.45) is 0 Å². The van der Waals surface area contributed by atoms with Gasteiger partial charge in [-0.3, -0.25) is 4.79 Å². The molecule has 35 heavy (non-hydrogen) atoms. The highest BCUT2D eigenvalue weighted by atomic mass is 16.5. The van der Waals surface area contributed by atoms with Crippen LogP contribution in [0.2, 0.25) is 0 Å². The Labute approximate surface area is 205 Å². The van der Waals surface area contributed by atoms with Crippen molar-refractivity contribution >= 4 is 28.4 Å². The van der Waals surface area contributed by atoms with E-state index in [9.17, 15) is 9.59 Å². The Bertz CT molecular complexity index is 1080. The van der Waals surface area contributed by atoms with Gasteiger partial charge in [0.2, 0.25) is 5.89 Å². The lowest BCUT2D eigenvalue weighted by Gasteiger charge is -2.22. The van der Waals surface area contributed by atoms with E-state index in [1.807, 2.05) is 56.3 Å². The van der Waals surface area contributed by atoms with Crippen LogP contribution in [0.4, 0.5) is 10.5 Å². The highest BCUT2D eigenvalue weighted by Gasteiger charge is 2.19. The summed E-state index contributed by atoms with van der Waals surface area (Å²) < 4.78 is 16.2. The number of aromatic nitrogens is 1. The Hall–Kier alpha value is -3.43. The number of carbonyl (C=O) groups is 2. The summed E-state index contributed by atoms with van der Waals surface area (Å²) in [5.41, 5.74) is 0.905. The number of amides is 3. The molecule has 0 aliphatic carbocycles. The zero-order valence-electron chi connectivity index (χ0n) is 20.4. The van der Waals surface area contributed by atoms with Gasteiger partial charge in [-0.05, 0) is 38.1 Å². The van der Waals surface area contributed by atoms with Gasteiger partial charge in [0, 0.05) is 44.9 Å². The molecule has 0 aliphatic rings. The van der Waals surface area contributed by atoms with E-state index in [1.165, 1.54) is 6.26 Å². The molecule has 3 amide bonds. The standard InChI is InChI=1S/C26H34N4O5/c1-3-33-16-8-14-27-25(31)23-19-35-24(28-23)18-30(15-9-17-34-4-2)26(32)29-22-13-7-11-20-10-5-6-12-21(20)22/h5-7,10-13,19H,3-4,8-9,14-18H2,1-2H3,(H,27,31)(H,29,32). The number of anilines is 1. The number of benzene rings is 2. The maximum Gasteiger partial charge on any atom is 0.322 e. The van der Waals surface area contributed by atoms with Crippen molar-refractivity contribution in [1.29, 1.82) is 0 Å². The van der Waals surface area contributed by atoms with Crippen molar-refractivity contribution < 1.29 is 23.5 Å². The molecule has 3 aromatic rings. The van der Waals surface area contributed by atoms with Crippen LogP contribution >= 0.6 is 0 Å². The van der Waals surface area contributed by atoms with Gasteiger partial charge in [0.1, 0.15) is 6.26 Å². The molecule has 0 aliphatic heterocycles. The minimum Gasteiger partial charge on any atom is -0.446 e. The molecule has 0 unspecified atom stereocenters. The quantitative estimate of drug-likeness (QED) is 0.329. The van der Waals surface area contributed by atoms with Gasteiger partial charge in [0.05, 0.1) is 12.2 Å². The molecular weight excluding hydrogens is 448 g/mol. The molecule has 188 valence electrons. The number of fused-ring (bicyclic) bond motifs is 1. The van der Waals surface area contributed by atoms with Crippen molar-refractivity contribution in [3.63, 3.8) is 0 Å². The summed E-state index contributed by atoms with van der Waals surface area (Å²) in [6.45, 7) is 7.30. The highest BCUT2D eigenvalue weighted by molar-refractivity contribution is 6.01.